The Kier molecular flexibility index (Phi) is 7.50. The van der Waals surface area contributed by atoms with Crippen LogP contribution in [0.2, 0.25) is 0 Å². The third-order valence-electron chi connectivity index (χ3n) is 7.23. The molecule has 6 unspecified atom stereocenters. The number of hydrogen-bond donors (Lipinski definition) is 1. The zero-order valence-corrected chi connectivity index (χ0v) is 19.7. The minimum Gasteiger partial charge on any atom is -0.450 e. The first-order valence-electron chi connectivity index (χ1n) is 11.4. The van der Waals surface area contributed by atoms with Crippen LogP contribution in [0.1, 0.15) is 59.3 Å². The molecular weight excluding hydrogens is 425 g/mol. The number of alkyl halides is 1. The number of carbonyl (C=O) groups is 2. The Labute approximate surface area is 184 Å². The number of hydrogen-bond acceptors (Lipinski definition) is 5. The van der Waals surface area contributed by atoms with Crippen molar-refractivity contribution in [3.63, 3.8) is 0 Å². The summed E-state index contributed by atoms with van der Waals surface area (Å²) in [6, 6.07) is -0.927. The van der Waals surface area contributed by atoms with E-state index in [1.165, 1.54) is 0 Å². The van der Waals surface area contributed by atoms with E-state index in [4.69, 9.17) is 4.74 Å². The van der Waals surface area contributed by atoms with E-state index in [-0.39, 0.29) is 42.0 Å². The third kappa shape index (κ3) is 5.50. The van der Waals surface area contributed by atoms with Crippen LogP contribution in [0.25, 0.3) is 0 Å². The number of carbonyl (C=O) groups excluding carboxylic acids is 2. The topological polar surface area (TPSA) is 96.0 Å². The molecule has 31 heavy (non-hydrogen) atoms. The number of halogens is 1. The summed E-state index contributed by atoms with van der Waals surface area (Å²) >= 11 is 0. The van der Waals surface area contributed by atoms with E-state index < -0.39 is 22.2 Å². The number of amides is 2. The van der Waals surface area contributed by atoms with Crippen molar-refractivity contribution in [2.75, 3.05) is 19.4 Å². The molecule has 1 heterocycles. The van der Waals surface area contributed by atoms with Gasteiger partial charge in [-0.15, -0.1) is 0 Å². The van der Waals surface area contributed by atoms with Gasteiger partial charge in [0, 0.05) is 19.5 Å². The van der Waals surface area contributed by atoms with Crippen LogP contribution < -0.4 is 4.72 Å². The number of fused-ring (bicyclic) bond motifs is 1. The van der Waals surface area contributed by atoms with Crippen LogP contribution in [0.4, 0.5) is 9.18 Å². The standard InChI is InChI=1S/C21H36FN3O5S/c1-5-30-21(27)24-12-13(2)25(14(3)26)19-9-7-16(11-20(19)24)15-6-8-18(17(22)10-15)23-31(4,28)29/h13,15-20,23H,5-12H2,1-4H3/t13-,15?,16?,17?,18?,19?,20?/m0/s1. The summed E-state index contributed by atoms with van der Waals surface area (Å²) in [6.07, 6.45) is 3.39. The van der Waals surface area contributed by atoms with E-state index in [9.17, 15) is 22.4 Å². The first-order chi connectivity index (χ1) is 14.5. The summed E-state index contributed by atoms with van der Waals surface area (Å²) < 4.78 is 45.5. The molecule has 7 atom stereocenters. The monoisotopic (exact) mass is 461 g/mol. The van der Waals surface area contributed by atoms with Crippen molar-refractivity contribution < 1.29 is 27.1 Å². The van der Waals surface area contributed by atoms with Gasteiger partial charge in [-0.05, 0) is 64.2 Å². The van der Waals surface area contributed by atoms with Crippen LogP contribution in [-0.2, 0) is 19.6 Å². The highest BCUT2D eigenvalue weighted by molar-refractivity contribution is 7.88. The fourth-order valence-electron chi connectivity index (χ4n) is 6.03. The largest absolute Gasteiger partial charge is 0.450 e. The lowest BCUT2D eigenvalue weighted by Gasteiger charge is -2.54. The number of piperazine rings is 1. The molecule has 0 aromatic heterocycles. The van der Waals surface area contributed by atoms with Gasteiger partial charge < -0.3 is 14.5 Å². The van der Waals surface area contributed by atoms with E-state index in [0.29, 0.717) is 32.4 Å². The molecule has 8 nitrogen and oxygen atoms in total. The van der Waals surface area contributed by atoms with Crippen molar-refractivity contribution in [2.45, 2.75) is 89.6 Å². The maximum absolute atomic E-state index is 14.8. The SMILES string of the molecule is CCOC(=O)N1C[C@H](C)N(C(C)=O)C2CCC(C3CCC(NS(C)(=O)=O)C(F)C3)CC21. The second-order valence-corrected chi connectivity index (χ2v) is 11.2. The Balaban J connectivity index is 1.72. The van der Waals surface area contributed by atoms with Crippen LogP contribution in [0.3, 0.4) is 0 Å². The van der Waals surface area contributed by atoms with Crippen LogP contribution in [0.15, 0.2) is 0 Å². The quantitative estimate of drug-likeness (QED) is 0.693. The Hall–Kier alpha value is -1.42. The predicted molar refractivity (Wildman–Crippen MR) is 115 cm³/mol. The summed E-state index contributed by atoms with van der Waals surface area (Å²) in [4.78, 5) is 28.7. The minimum absolute atomic E-state index is 0.0145. The summed E-state index contributed by atoms with van der Waals surface area (Å²) in [6.45, 7) is 6.03. The lowest BCUT2D eigenvalue weighted by atomic mass is 9.68. The van der Waals surface area contributed by atoms with Crippen LogP contribution in [-0.4, -0.2) is 80.0 Å². The average molecular weight is 462 g/mol. The van der Waals surface area contributed by atoms with Gasteiger partial charge in [-0.2, -0.15) is 0 Å². The van der Waals surface area contributed by atoms with Gasteiger partial charge in [-0.3, -0.25) is 4.79 Å². The van der Waals surface area contributed by atoms with Crippen molar-refractivity contribution in [2.24, 2.45) is 11.8 Å². The molecule has 0 radical (unpaired) electrons. The van der Waals surface area contributed by atoms with Crippen molar-refractivity contribution in [3.8, 4) is 0 Å². The van der Waals surface area contributed by atoms with E-state index in [1.54, 1.807) is 18.7 Å². The molecule has 3 fully saturated rings. The summed E-state index contributed by atoms with van der Waals surface area (Å²) in [5, 5.41) is 0. The van der Waals surface area contributed by atoms with Crippen LogP contribution in [0, 0.1) is 11.8 Å². The van der Waals surface area contributed by atoms with E-state index in [0.717, 1.165) is 25.5 Å². The molecule has 0 aromatic carbocycles. The highest BCUT2D eigenvalue weighted by Crippen LogP contribution is 2.43. The van der Waals surface area contributed by atoms with E-state index >= 15 is 0 Å². The molecule has 2 aliphatic carbocycles. The minimum atomic E-state index is -3.44. The first kappa shape index (κ1) is 24.2. The van der Waals surface area contributed by atoms with Gasteiger partial charge in [-0.1, -0.05) is 0 Å². The van der Waals surface area contributed by atoms with Crippen molar-refractivity contribution in [3.05, 3.63) is 0 Å². The molecule has 2 saturated carbocycles. The maximum Gasteiger partial charge on any atom is 0.410 e. The molecule has 0 bridgehead atoms. The molecule has 10 heteroatoms. The highest BCUT2D eigenvalue weighted by Gasteiger charge is 2.48. The molecule has 1 aliphatic heterocycles. The fraction of sp³-hybridized carbons (Fsp3) is 0.905. The van der Waals surface area contributed by atoms with Gasteiger partial charge in [0.25, 0.3) is 0 Å². The Morgan fingerprint density at radius 3 is 2.32 bits per heavy atom. The molecule has 178 valence electrons. The first-order valence-corrected chi connectivity index (χ1v) is 13.2. The fourth-order valence-corrected chi connectivity index (χ4v) is 6.84. The Bertz CT molecular complexity index is 779. The third-order valence-corrected chi connectivity index (χ3v) is 7.96. The summed E-state index contributed by atoms with van der Waals surface area (Å²) in [7, 11) is -3.44. The van der Waals surface area contributed by atoms with Gasteiger partial charge in [0.2, 0.25) is 15.9 Å². The van der Waals surface area contributed by atoms with Crippen molar-refractivity contribution in [1.29, 1.82) is 0 Å². The number of nitrogens with zero attached hydrogens (tertiary/aromatic N) is 2. The van der Waals surface area contributed by atoms with Crippen LogP contribution in [0.5, 0.6) is 0 Å². The molecule has 3 aliphatic rings. The van der Waals surface area contributed by atoms with Gasteiger partial charge >= 0.3 is 6.09 Å². The molecule has 0 aromatic rings. The zero-order valence-electron chi connectivity index (χ0n) is 18.9. The van der Waals surface area contributed by atoms with Gasteiger partial charge in [-0.25, -0.2) is 22.3 Å². The predicted octanol–water partition coefficient (Wildman–Crippen LogP) is 2.29. The maximum atomic E-state index is 14.8. The van der Waals surface area contributed by atoms with Crippen molar-refractivity contribution in [1.82, 2.24) is 14.5 Å². The lowest BCUT2D eigenvalue weighted by Crippen LogP contribution is -2.67. The molecule has 0 spiro atoms. The van der Waals surface area contributed by atoms with Gasteiger partial charge in [0.15, 0.2) is 0 Å². The Morgan fingerprint density at radius 2 is 1.74 bits per heavy atom. The zero-order chi connectivity index (χ0) is 22.9. The number of rotatable bonds is 4. The summed E-state index contributed by atoms with van der Waals surface area (Å²) in [5.41, 5.74) is 0. The van der Waals surface area contributed by atoms with Crippen LogP contribution >= 0.6 is 0 Å². The lowest BCUT2D eigenvalue weighted by molar-refractivity contribution is -0.142. The highest BCUT2D eigenvalue weighted by atomic mass is 32.2. The molecule has 1 N–H and O–H groups in total. The van der Waals surface area contributed by atoms with Gasteiger partial charge in [0.05, 0.1) is 31.0 Å². The second kappa shape index (κ2) is 9.60. The number of nitrogens with one attached hydrogen (secondary N) is 1. The van der Waals surface area contributed by atoms with Gasteiger partial charge in [0.1, 0.15) is 6.17 Å². The number of sulfonamides is 1. The Morgan fingerprint density at radius 1 is 1.10 bits per heavy atom. The second-order valence-electron chi connectivity index (χ2n) is 9.42. The molecular formula is C21H36FN3O5S. The van der Waals surface area contributed by atoms with E-state index in [1.807, 2.05) is 11.8 Å². The normalized spacial score (nSPS) is 36.6. The average Bonchev–Trinajstić information content (AvgIpc) is 2.67. The molecule has 2 amide bonds. The number of ether oxygens (including phenoxy) is 1. The molecule has 1 saturated heterocycles. The van der Waals surface area contributed by atoms with Crippen molar-refractivity contribution >= 4 is 22.0 Å². The molecule has 3 rings (SSSR count). The smallest absolute Gasteiger partial charge is 0.410 e. The summed E-state index contributed by atoms with van der Waals surface area (Å²) in [5.74, 6) is 0.390. The van der Waals surface area contributed by atoms with E-state index in [2.05, 4.69) is 4.72 Å².